The number of carbonyl (C=O) groups excluding carboxylic acids is 1. The van der Waals surface area contributed by atoms with Crippen LogP contribution in [0.1, 0.15) is 24.9 Å². The lowest BCUT2D eigenvalue weighted by molar-refractivity contribution is -0.113. The molecule has 1 aromatic heterocycles. The number of hydrogen-bond acceptors (Lipinski definition) is 5. The Balaban J connectivity index is 1.53. The number of rotatable bonds is 5. The van der Waals surface area contributed by atoms with Crippen molar-refractivity contribution >= 4 is 67.5 Å². The first kappa shape index (κ1) is 20.2. The molecule has 4 nitrogen and oxygen atoms in total. The van der Waals surface area contributed by atoms with Gasteiger partial charge >= 0.3 is 0 Å². The van der Waals surface area contributed by atoms with Gasteiger partial charge in [-0.05, 0) is 49.7 Å². The number of nitrogens with zero attached hydrogens (tertiary/aromatic N) is 1. The maximum atomic E-state index is 12.9. The number of allylic oxidation sites excluding steroid dienone is 4. The van der Waals surface area contributed by atoms with E-state index < -0.39 is 0 Å². The Hall–Kier alpha value is -2.09. The first-order valence-corrected chi connectivity index (χ1v) is 11.3. The molecule has 0 saturated carbocycles. The highest BCUT2D eigenvalue weighted by Crippen LogP contribution is 2.37. The summed E-state index contributed by atoms with van der Waals surface area (Å²) in [5, 5.41) is 0. The van der Waals surface area contributed by atoms with Gasteiger partial charge in [-0.1, -0.05) is 58.1 Å². The van der Waals surface area contributed by atoms with E-state index in [0.29, 0.717) is 26.4 Å². The topological polar surface area (TPSA) is 42.7 Å². The number of benzene rings is 1. The van der Waals surface area contributed by atoms with Crippen molar-refractivity contribution in [1.29, 1.82) is 0 Å². The van der Waals surface area contributed by atoms with Crippen LogP contribution in [-0.4, -0.2) is 21.7 Å². The second-order valence-electron chi connectivity index (χ2n) is 6.42. The monoisotopic (exact) mass is 487 g/mol. The molecule has 2 aromatic rings. The van der Waals surface area contributed by atoms with Gasteiger partial charge in [0.15, 0.2) is 4.32 Å². The third kappa shape index (κ3) is 4.42. The molecular weight excluding hydrogens is 470 g/mol. The predicted molar refractivity (Wildman–Crippen MR) is 126 cm³/mol. The number of hydrogen-bond donors (Lipinski definition) is 0. The Morgan fingerprint density at radius 1 is 1.31 bits per heavy atom. The molecule has 1 aliphatic carbocycles. The maximum Gasteiger partial charge on any atom is 0.270 e. The molecule has 1 atom stereocenters. The molecule has 2 heterocycles. The summed E-state index contributed by atoms with van der Waals surface area (Å²) in [5.74, 6) is 2.02. The number of halogens is 1. The molecule has 0 N–H and O–H groups in total. The van der Waals surface area contributed by atoms with E-state index >= 15 is 0 Å². The van der Waals surface area contributed by atoms with Gasteiger partial charge in [0.2, 0.25) is 0 Å². The molecule has 148 valence electrons. The summed E-state index contributed by atoms with van der Waals surface area (Å²) in [7, 11) is 0. The van der Waals surface area contributed by atoms with E-state index in [1.807, 2.05) is 49.4 Å². The van der Waals surface area contributed by atoms with Crippen LogP contribution in [0.25, 0.3) is 11.6 Å². The van der Waals surface area contributed by atoms with Crippen LogP contribution >= 0.6 is 39.9 Å². The summed E-state index contributed by atoms with van der Waals surface area (Å²) in [6.45, 7) is 2.53. The lowest BCUT2D eigenvalue weighted by Crippen LogP contribution is -2.27. The number of ether oxygens (including phenoxy) is 1. The van der Waals surface area contributed by atoms with E-state index in [-0.39, 0.29) is 5.91 Å². The van der Waals surface area contributed by atoms with Crippen LogP contribution in [0.3, 0.4) is 0 Å². The standard InChI is InChI=1S/C22H18BrNO3S2/c1-2-26-17-9-7-16(8-10-17)24-21(25)20(29-22(24)28)13-18-11-12-19(27-18)14-3-5-15(23)6-4-14/h3-5,7-13,15H,2,6H2,1H3/b20-13+. The van der Waals surface area contributed by atoms with Gasteiger partial charge in [0, 0.05) is 16.5 Å². The van der Waals surface area contributed by atoms with Gasteiger partial charge in [-0.2, -0.15) is 0 Å². The van der Waals surface area contributed by atoms with E-state index in [4.69, 9.17) is 21.4 Å². The molecule has 1 unspecified atom stereocenters. The molecule has 1 saturated heterocycles. The minimum atomic E-state index is -0.152. The molecule has 7 heteroatoms. The Bertz CT molecular complexity index is 1040. The molecule has 2 aliphatic rings. The van der Waals surface area contributed by atoms with Gasteiger partial charge < -0.3 is 9.15 Å². The number of carbonyl (C=O) groups is 1. The van der Waals surface area contributed by atoms with Gasteiger partial charge in [0.1, 0.15) is 17.3 Å². The molecule has 1 aliphatic heterocycles. The fourth-order valence-corrected chi connectivity index (χ4v) is 4.66. The van der Waals surface area contributed by atoms with Crippen LogP contribution in [-0.2, 0) is 4.79 Å². The predicted octanol–water partition coefficient (Wildman–Crippen LogP) is 6.19. The third-order valence-electron chi connectivity index (χ3n) is 4.43. The largest absolute Gasteiger partial charge is 0.494 e. The molecule has 1 fully saturated rings. The lowest BCUT2D eigenvalue weighted by Gasteiger charge is -2.15. The molecule has 0 radical (unpaired) electrons. The van der Waals surface area contributed by atoms with Gasteiger partial charge in [-0.15, -0.1) is 0 Å². The Morgan fingerprint density at radius 2 is 2.10 bits per heavy atom. The van der Waals surface area contributed by atoms with Crippen molar-refractivity contribution in [2.24, 2.45) is 0 Å². The molecule has 0 spiro atoms. The summed E-state index contributed by atoms with van der Waals surface area (Å²) >= 11 is 10.3. The van der Waals surface area contributed by atoms with Gasteiger partial charge in [0.25, 0.3) is 5.91 Å². The smallest absolute Gasteiger partial charge is 0.270 e. The highest BCUT2D eigenvalue weighted by molar-refractivity contribution is 9.09. The molecule has 1 amide bonds. The molecule has 0 bridgehead atoms. The van der Waals surface area contributed by atoms with Crippen LogP contribution in [0, 0.1) is 0 Å². The lowest BCUT2D eigenvalue weighted by atomic mass is 10.1. The second-order valence-corrected chi connectivity index (χ2v) is 9.27. The molecule has 29 heavy (non-hydrogen) atoms. The number of thioether (sulfide) groups is 1. The minimum Gasteiger partial charge on any atom is -0.494 e. The number of anilines is 1. The highest BCUT2D eigenvalue weighted by Gasteiger charge is 2.33. The van der Waals surface area contributed by atoms with Crippen LogP contribution in [0.2, 0.25) is 0 Å². The van der Waals surface area contributed by atoms with Crippen molar-refractivity contribution in [3.05, 3.63) is 71.1 Å². The van der Waals surface area contributed by atoms with E-state index in [0.717, 1.165) is 29.2 Å². The number of thiocarbonyl (C=S) groups is 1. The van der Waals surface area contributed by atoms with Gasteiger partial charge in [-0.3, -0.25) is 9.69 Å². The van der Waals surface area contributed by atoms with Crippen LogP contribution < -0.4 is 9.64 Å². The zero-order chi connectivity index (χ0) is 20.4. The van der Waals surface area contributed by atoms with Crippen LogP contribution in [0.5, 0.6) is 5.75 Å². The van der Waals surface area contributed by atoms with Crippen molar-refractivity contribution in [2.75, 3.05) is 11.5 Å². The summed E-state index contributed by atoms with van der Waals surface area (Å²) in [6, 6.07) is 11.1. The van der Waals surface area contributed by atoms with Crippen molar-refractivity contribution in [3.63, 3.8) is 0 Å². The minimum absolute atomic E-state index is 0.152. The Labute approximate surface area is 187 Å². The molecule has 4 rings (SSSR count). The van der Waals surface area contributed by atoms with Crippen LogP contribution in [0.15, 0.2) is 63.9 Å². The average Bonchev–Trinajstić information content (AvgIpc) is 3.28. The SMILES string of the molecule is CCOc1ccc(N2C(=O)/C(=C\c3ccc(C4=CCC(Br)C=C4)o3)SC2=S)cc1. The normalized spacial score (nSPS) is 20.5. The Kier molecular flexibility index (Phi) is 6.08. The third-order valence-corrected chi connectivity index (χ3v) is 6.41. The number of alkyl halides is 1. The zero-order valence-corrected chi connectivity index (χ0v) is 18.9. The van der Waals surface area contributed by atoms with E-state index in [2.05, 4.69) is 28.1 Å². The maximum absolute atomic E-state index is 12.9. The summed E-state index contributed by atoms with van der Waals surface area (Å²) < 4.78 is 11.9. The quantitative estimate of drug-likeness (QED) is 0.285. The summed E-state index contributed by atoms with van der Waals surface area (Å²) in [4.78, 5) is 15.4. The fourth-order valence-electron chi connectivity index (χ4n) is 3.04. The van der Waals surface area contributed by atoms with Crippen molar-refractivity contribution in [2.45, 2.75) is 18.2 Å². The number of furan rings is 1. The van der Waals surface area contributed by atoms with E-state index in [9.17, 15) is 4.79 Å². The van der Waals surface area contributed by atoms with Crippen molar-refractivity contribution in [1.82, 2.24) is 0 Å². The van der Waals surface area contributed by atoms with Gasteiger partial charge in [-0.25, -0.2) is 0 Å². The second kappa shape index (κ2) is 8.73. The number of amides is 1. The first-order chi connectivity index (χ1) is 14.0. The zero-order valence-electron chi connectivity index (χ0n) is 15.6. The highest BCUT2D eigenvalue weighted by atomic mass is 79.9. The van der Waals surface area contributed by atoms with Crippen molar-refractivity contribution in [3.8, 4) is 5.75 Å². The molecular formula is C22H18BrNO3S2. The van der Waals surface area contributed by atoms with Gasteiger partial charge in [0.05, 0.1) is 17.2 Å². The average molecular weight is 488 g/mol. The molecule has 1 aromatic carbocycles. The first-order valence-electron chi connectivity index (χ1n) is 9.18. The summed E-state index contributed by atoms with van der Waals surface area (Å²) in [6.07, 6.45) is 8.93. The fraction of sp³-hybridized carbons (Fsp3) is 0.182. The Morgan fingerprint density at radius 3 is 2.79 bits per heavy atom. The summed E-state index contributed by atoms with van der Waals surface area (Å²) in [5.41, 5.74) is 1.77. The van der Waals surface area contributed by atoms with Crippen molar-refractivity contribution < 1.29 is 13.9 Å². The van der Waals surface area contributed by atoms with Crippen LogP contribution in [0.4, 0.5) is 5.69 Å². The van der Waals surface area contributed by atoms with E-state index in [1.54, 1.807) is 6.08 Å². The van der Waals surface area contributed by atoms with E-state index in [1.165, 1.54) is 16.7 Å².